The topological polar surface area (TPSA) is 160 Å². The third-order valence-corrected chi connectivity index (χ3v) is 8.13. The van der Waals surface area contributed by atoms with E-state index in [-0.39, 0.29) is 16.5 Å². The lowest BCUT2D eigenvalue weighted by atomic mass is 10.0. The Morgan fingerprint density at radius 2 is 1.60 bits per heavy atom. The molecule has 0 saturated carbocycles. The molecule has 0 atom stereocenters. The van der Waals surface area contributed by atoms with Crippen molar-refractivity contribution in [1.82, 2.24) is 24.6 Å². The highest BCUT2D eigenvalue weighted by atomic mass is 32.2. The Balaban J connectivity index is 1.58. The first kappa shape index (κ1) is 28.6. The van der Waals surface area contributed by atoms with Crippen LogP contribution < -0.4 is 10.5 Å². The van der Waals surface area contributed by atoms with Crippen molar-refractivity contribution in [2.45, 2.75) is 18.7 Å². The fourth-order valence-corrected chi connectivity index (χ4v) is 5.32. The normalized spacial score (nSPS) is 11.5. The number of sulfone groups is 1. The largest absolute Gasteiger partial charge is 0.415 e. The van der Waals surface area contributed by atoms with E-state index in [1.54, 1.807) is 59.1 Å². The van der Waals surface area contributed by atoms with Crippen LogP contribution in [0.15, 0.2) is 71.6 Å². The summed E-state index contributed by atoms with van der Waals surface area (Å²) in [6.07, 6.45) is 0.671. The van der Waals surface area contributed by atoms with Gasteiger partial charge in [0.15, 0.2) is 21.4 Å². The lowest BCUT2D eigenvalue weighted by molar-refractivity contribution is 0.157. The number of aryl methyl sites for hydroxylation is 1. The number of nitrogen functional groups attached to an aromatic ring is 1. The quantitative estimate of drug-likeness (QED) is 0.174. The second-order valence-electron chi connectivity index (χ2n) is 9.80. The van der Waals surface area contributed by atoms with Gasteiger partial charge in [-0.15, -0.1) is 0 Å². The Morgan fingerprint density at radius 3 is 2.17 bits per heavy atom. The first-order chi connectivity index (χ1) is 20.0. The first-order valence-electron chi connectivity index (χ1n) is 13.3. The van der Waals surface area contributed by atoms with Gasteiger partial charge in [-0.2, -0.15) is 5.10 Å². The summed E-state index contributed by atoms with van der Waals surface area (Å²) >= 11 is 0. The summed E-state index contributed by atoms with van der Waals surface area (Å²) in [6, 6.07) is 19.5. The van der Waals surface area contributed by atoms with Gasteiger partial charge in [0.25, 0.3) is 0 Å². The maximum Gasteiger partial charge on any atom is 0.415 e. The van der Waals surface area contributed by atoms with Crippen LogP contribution in [0.1, 0.15) is 19.4 Å². The second kappa shape index (κ2) is 11.1. The van der Waals surface area contributed by atoms with E-state index in [4.69, 9.17) is 26.0 Å². The van der Waals surface area contributed by atoms with E-state index >= 15 is 0 Å². The number of H-pyrrole nitrogens is 1. The molecule has 216 valence electrons. The standard InChI is InChI=1S/C30H31N7O4S/c1-5-37(6-2)30(38)41-27-25(20-9-7-18(8-10-20)19-11-14-22(15-12-19)42(4,39)40)35-36(3)26(27)29-33-23-16-13-21(28(31)32)17-24(23)34-29/h7-17H,5-6H2,1-4H3,(H3,31,32)(H,33,34). The SMILES string of the molecule is CCN(CC)C(=O)Oc1c(-c2ccc(-c3ccc(S(C)(=O)=O)cc3)cc2)nn(C)c1-c1nc2ccc(C(=N)N)cc2[nH]1. The molecule has 0 aliphatic carbocycles. The van der Waals surface area contributed by atoms with Crippen molar-refractivity contribution in [3.05, 3.63) is 72.3 Å². The van der Waals surface area contributed by atoms with Crippen LogP contribution in [0.2, 0.25) is 0 Å². The smallest absolute Gasteiger partial charge is 0.405 e. The van der Waals surface area contributed by atoms with Crippen LogP contribution in [0.5, 0.6) is 5.75 Å². The Kier molecular flexibility index (Phi) is 7.57. The molecule has 0 aliphatic rings. The van der Waals surface area contributed by atoms with E-state index in [1.807, 2.05) is 38.1 Å². The summed E-state index contributed by atoms with van der Waals surface area (Å²) in [7, 11) is -1.54. The van der Waals surface area contributed by atoms with Crippen LogP contribution in [-0.4, -0.2) is 64.3 Å². The van der Waals surface area contributed by atoms with Gasteiger partial charge in [-0.1, -0.05) is 36.4 Å². The molecule has 11 nitrogen and oxygen atoms in total. The second-order valence-corrected chi connectivity index (χ2v) is 11.8. The van der Waals surface area contributed by atoms with Crippen LogP contribution in [0.3, 0.4) is 0 Å². The van der Waals surface area contributed by atoms with Crippen LogP contribution in [0.25, 0.3) is 44.9 Å². The maximum absolute atomic E-state index is 13.1. The molecule has 0 aliphatic heterocycles. The van der Waals surface area contributed by atoms with Crippen LogP contribution in [0, 0.1) is 5.41 Å². The Labute approximate surface area is 243 Å². The highest BCUT2D eigenvalue weighted by Crippen LogP contribution is 2.39. The average molecular weight is 586 g/mol. The number of nitrogens with two attached hydrogens (primary N) is 1. The molecule has 0 radical (unpaired) electrons. The summed E-state index contributed by atoms with van der Waals surface area (Å²) in [5.74, 6) is 0.641. The van der Waals surface area contributed by atoms with E-state index in [2.05, 4.69) is 4.98 Å². The number of carbonyl (C=O) groups is 1. The van der Waals surface area contributed by atoms with Crippen molar-refractivity contribution in [2.24, 2.45) is 12.8 Å². The number of fused-ring (bicyclic) bond motifs is 1. The average Bonchev–Trinajstić information content (AvgIpc) is 3.53. The summed E-state index contributed by atoms with van der Waals surface area (Å²) in [5.41, 5.74) is 10.9. The molecule has 0 saturated heterocycles. The molecule has 5 rings (SSSR count). The number of aromatic amines is 1. The highest BCUT2D eigenvalue weighted by molar-refractivity contribution is 7.90. The predicted octanol–water partition coefficient (Wildman–Crippen LogP) is 4.83. The zero-order chi connectivity index (χ0) is 30.2. The number of imidazole rings is 1. The Morgan fingerprint density at radius 1 is 1.00 bits per heavy atom. The fourth-order valence-electron chi connectivity index (χ4n) is 4.69. The number of hydrogen-bond acceptors (Lipinski definition) is 7. The van der Waals surface area contributed by atoms with Crippen molar-refractivity contribution >= 4 is 32.8 Å². The van der Waals surface area contributed by atoms with E-state index in [0.29, 0.717) is 52.5 Å². The lowest BCUT2D eigenvalue weighted by Crippen LogP contribution is -2.33. The highest BCUT2D eigenvalue weighted by Gasteiger charge is 2.27. The number of hydrogen-bond donors (Lipinski definition) is 3. The van der Waals surface area contributed by atoms with Crippen LogP contribution >= 0.6 is 0 Å². The molecular formula is C30H31N7O4S. The first-order valence-corrected chi connectivity index (χ1v) is 15.2. The number of benzene rings is 3. The molecule has 0 bridgehead atoms. The number of ether oxygens (including phenoxy) is 1. The van der Waals surface area contributed by atoms with Gasteiger partial charge in [0.1, 0.15) is 17.2 Å². The molecule has 0 unspecified atom stereocenters. The summed E-state index contributed by atoms with van der Waals surface area (Å²) < 4.78 is 31.3. The molecule has 1 amide bonds. The minimum atomic E-state index is -3.29. The van der Waals surface area contributed by atoms with Crippen molar-refractivity contribution in [3.63, 3.8) is 0 Å². The lowest BCUT2D eigenvalue weighted by Gasteiger charge is -2.18. The van der Waals surface area contributed by atoms with E-state index < -0.39 is 15.9 Å². The number of aromatic nitrogens is 4. The van der Waals surface area contributed by atoms with Crippen molar-refractivity contribution in [1.29, 1.82) is 5.41 Å². The van der Waals surface area contributed by atoms with Gasteiger partial charge in [-0.3, -0.25) is 10.1 Å². The van der Waals surface area contributed by atoms with Gasteiger partial charge < -0.3 is 20.4 Å². The number of carbonyl (C=O) groups excluding carboxylic acids is 1. The van der Waals surface area contributed by atoms with Crippen molar-refractivity contribution in [2.75, 3.05) is 19.3 Å². The van der Waals surface area contributed by atoms with Crippen molar-refractivity contribution in [3.8, 4) is 39.7 Å². The van der Waals surface area contributed by atoms with Gasteiger partial charge >= 0.3 is 6.09 Å². The molecule has 5 aromatic rings. The molecule has 2 heterocycles. The van der Waals surface area contributed by atoms with Gasteiger partial charge in [-0.25, -0.2) is 18.2 Å². The molecule has 0 fully saturated rings. The van der Waals surface area contributed by atoms with E-state index in [0.717, 1.165) is 11.1 Å². The zero-order valence-corrected chi connectivity index (χ0v) is 24.5. The number of amides is 1. The molecule has 3 aromatic carbocycles. The number of rotatable bonds is 8. The molecule has 4 N–H and O–H groups in total. The minimum Gasteiger partial charge on any atom is -0.405 e. The minimum absolute atomic E-state index is 0.0560. The molecule has 0 spiro atoms. The summed E-state index contributed by atoms with van der Waals surface area (Å²) in [4.78, 5) is 22.9. The van der Waals surface area contributed by atoms with Gasteiger partial charge in [0.05, 0.1) is 15.9 Å². The fraction of sp³-hybridized carbons (Fsp3) is 0.200. The Bertz CT molecular complexity index is 1900. The zero-order valence-electron chi connectivity index (χ0n) is 23.7. The molecule has 12 heteroatoms. The van der Waals surface area contributed by atoms with Crippen LogP contribution in [-0.2, 0) is 16.9 Å². The summed E-state index contributed by atoms with van der Waals surface area (Å²) in [6.45, 7) is 4.71. The monoisotopic (exact) mass is 585 g/mol. The third-order valence-electron chi connectivity index (χ3n) is 7.01. The molecule has 2 aromatic heterocycles. The molecule has 42 heavy (non-hydrogen) atoms. The number of nitrogens with one attached hydrogen (secondary N) is 2. The van der Waals surface area contributed by atoms with E-state index in [9.17, 15) is 13.2 Å². The maximum atomic E-state index is 13.1. The Hall–Kier alpha value is -4.97. The number of nitrogens with zero attached hydrogens (tertiary/aromatic N) is 4. The van der Waals surface area contributed by atoms with Gasteiger partial charge in [0, 0.05) is 37.5 Å². The molecular weight excluding hydrogens is 554 g/mol. The van der Waals surface area contributed by atoms with E-state index in [1.165, 1.54) is 6.26 Å². The van der Waals surface area contributed by atoms with Gasteiger partial charge in [0.2, 0.25) is 0 Å². The van der Waals surface area contributed by atoms with Crippen molar-refractivity contribution < 1.29 is 17.9 Å². The van der Waals surface area contributed by atoms with Gasteiger partial charge in [-0.05, 0) is 55.3 Å². The summed E-state index contributed by atoms with van der Waals surface area (Å²) in [5, 5.41) is 12.5. The van der Waals surface area contributed by atoms with Crippen LogP contribution in [0.4, 0.5) is 4.79 Å². The third kappa shape index (κ3) is 5.48. The number of amidine groups is 1. The predicted molar refractivity (Wildman–Crippen MR) is 162 cm³/mol.